The fourth-order valence-corrected chi connectivity index (χ4v) is 1.39. The second-order valence-electron chi connectivity index (χ2n) is 3.65. The maximum Gasteiger partial charge on any atom is 0.0431 e. The predicted octanol–water partition coefficient (Wildman–Crippen LogP) is 3.40. The van der Waals surface area contributed by atoms with Crippen LogP contribution < -0.4 is 0 Å². The summed E-state index contributed by atoms with van der Waals surface area (Å²) in [7, 11) is 0. The zero-order valence-electron chi connectivity index (χ0n) is 9.76. The van der Waals surface area contributed by atoms with Crippen LogP contribution in [0.15, 0.2) is 42.7 Å². The number of nitrogens with zero attached hydrogens (tertiary/aromatic N) is 1. The van der Waals surface area contributed by atoms with Gasteiger partial charge in [-0.2, -0.15) is 0 Å². The Hall–Kier alpha value is -1.41. The summed E-state index contributed by atoms with van der Waals surface area (Å²) in [5.74, 6) is 0. The summed E-state index contributed by atoms with van der Waals surface area (Å²) in [5, 5.41) is 10.6. The van der Waals surface area contributed by atoms with E-state index in [-0.39, 0.29) is 0 Å². The zero-order valence-corrected chi connectivity index (χ0v) is 9.76. The van der Waals surface area contributed by atoms with E-state index >= 15 is 0 Å². The second kappa shape index (κ2) is 7.83. The van der Waals surface area contributed by atoms with Crippen LogP contribution in [0.4, 0.5) is 0 Å². The number of hydrogen-bond acceptors (Lipinski definition) is 2. The monoisotopic (exact) mass is 217 g/mol. The number of unbranched alkanes of at least 4 members (excludes halogenated alkanes) is 2. The molecule has 0 aliphatic carbocycles. The third-order valence-electron chi connectivity index (χ3n) is 2.31. The lowest BCUT2D eigenvalue weighted by Gasteiger charge is -1.91. The summed E-state index contributed by atoms with van der Waals surface area (Å²) >= 11 is 0. The Morgan fingerprint density at radius 2 is 1.81 bits per heavy atom. The van der Waals surface area contributed by atoms with Crippen LogP contribution in [-0.2, 0) is 0 Å². The Balaban J connectivity index is 0.000000187. The van der Waals surface area contributed by atoms with Crippen molar-refractivity contribution >= 4 is 10.8 Å². The largest absolute Gasteiger partial charge is 0.396 e. The molecule has 0 atom stereocenters. The van der Waals surface area contributed by atoms with Gasteiger partial charge in [0.25, 0.3) is 0 Å². The molecule has 0 bridgehead atoms. The minimum Gasteiger partial charge on any atom is -0.396 e. The number of hydrogen-bond donors (Lipinski definition) is 1. The van der Waals surface area contributed by atoms with Gasteiger partial charge in [-0.15, -0.1) is 0 Å². The molecule has 0 aliphatic heterocycles. The summed E-state index contributed by atoms with van der Waals surface area (Å²) in [6.45, 7) is 2.48. The number of aliphatic hydroxyl groups excluding tert-OH is 1. The fourth-order valence-electron chi connectivity index (χ4n) is 1.39. The summed E-state index contributed by atoms with van der Waals surface area (Å²) in [6.07, 6.45) is 7.01. The van der Waals surface area contributed by atoms with Crippen molar-refractivity contribution in [3.63, 3.8) is 0 Å². The van der Waals surface area contributed by atoms with E-state index in [1.165, 1.54) is 17.2 Å². The topological polar surface area (TPSA) is 33.1 Å². The molecule has 1 N–H and O–H groups in total. The summed E-state index contributed by atoms with van der Waals surface area (Å²) in [4.78, 5) is 4.01. The Labute approximate surface area is 97.0 Å². The Bertz CT molecular complexity index is 331. The van der Waals surface area contributed by atoms with Crippen LogP contribution in [0.2, 0.25) is 0 Å². The molecule has 0 fully saturated rings. The molecule has 2 aromatic rings. The van der Waals surface area contributed by atoms with E-state index in [4.69, 9.17) is 5.11 Å². The van der Waals surface area contributed by atoms with Gasteiger partial charge in [-0.25, -0.2) is 0 Å². The van der Waals surface area contributed by atoms with Crippen molar-refractivity contribution in [2.75, 3.05) is 6.61 Å². The van der Waals surface area contributed by atoms with Gasteiger partial charge in [0.15, 0.2) is 0 Å². The van der Waals surface area contributed by atoms with E-state index in [1.54, 1.807) is 0 Å². The summed E-state index contributed by atoms with van der Waals surface area (Å²) < 4.78 is 0. The maximum atomic E-state index is 8.20. The smallest absolute Gasteiger partial charge is 0.0431 e. The molecule has 0 saturated carbocycles. The minimum atomic E-state index is 0.355. The van der Waals surface area contributed by atoms with Crippen molar-refractivity contribution in [2.24, 2.45) is 0 Å². The Kier molecular flexibility index (Phi) is 6.19. The third-order valence-corrected chi connectivity index (χ3v) is 2.31. The lowest BCUT2D eigenvalue weighted by atomic mass is 10.2. The molecule has 0 radical (unpaired) electrons. The van der Waals surface area contributed by atoms with Crippen molar-refractivity contribution in [1.82, 2.24) is 4.98 Å². The van der Waals surface area contributed by atoms with E-state index in [0.29, 0.717) is 6.61 Å². The lowest BCUT2D eigenvalue weighted by Crippen LogP contribution is -1.78. The highest BCUT2D eigenvalue weighted by Gasteiger charge is 1.86. The minimum absolute atomic E-state index is 0.355. The van der Waals surface area contributed by atoms with Gasteiger partial charge in [-0.1, -0.05) is 44.0 Å². The first-order chi connectivity index (χ1) is 7.88. The normalized spacial score (nSPS) is 9.62. The van der Waals surface area contributed by atoms with E-state index in [1.807, 2.05) is 30.6 Å². The van der Waals surface area contributed by atoms with Crippen molar-refractivity contribution < 1.29 is 5.11 Å². The first kappa shape index (κ1) is 12.7. The van der Waals surface area contributed by atoms with Crippen LogP contribution in [0.5, 0.6) is 0 Å². The molecule has 0 amide bonds. The molecule has 1 aromatic carbocycles. The van der Waals surface area contributed by atoms with Gasteiger partial charge in [-0.3, -0.25) is 4.98 Å². The van der Waals surface area contributed by atoms with Crippen LogP contribution in [0.1, 0.15) is 26.2 Å². The number of rotatable bonds is 3. The quantitative estimate of drug-likeness (QED) is 0.799. The molecule has 0 aliphatic rings. The first-order valence-corrected chi connectivity index (χ1v) is 5.78. The van der Waals surface area contributed by atoms with E-state index in [2.05, 4.69) is 24.0 Å². The number of aliphatic hydroxyl groups is 1. The van der Waals surface area contributed by atoms with Crippen LogP contribution in [0.25, 0.3) is 10.8 Å². The standard InChI is InChI=1S/C9H7N.C5H12O/c1-2-4-9-7-10-6-5-8(9)3-1;1-2-3-4-5-6/h1-7H;6H,2-5H2,1H3. The Morgan fingerprint density at radius 3 is 2.38 bits per heavy atom. The van der Waals surface area contributed by atoms with Crippen molar-refractivity contribution in [2.45, 2.75) is 26.2 Å². The van der Waals surface area contributed by atoms with Gasteiger partial charge in [0.05, 0.1) is 0 Å². The molecule has 1 aromatic heterocycles. The molecule has 2 nitrogen and oxygen atoms in total. The third kappa shape index (κ3) is 4.41. The molecule has 0 saturated heterocycles. The maximum absolute atomic E-state index is 8.20. The van der Waals surface area contributed by atoms with E-state index < -0.39 is 0 Å². The molecule has 86 valence electrons. The molecule has 2 rings (SSSR count). The molecular weight excluding hydrogens is 198 g/mol. The highest BCUT2D eigenvalue weighted by atomic mass is 16.2. The number of pyridine rings is 1. The molecule has 16 heavy (non-hydrogen) atoms. The number of benzene rings is 1. The van der Waals surface area contributed by atoms with Gasteiger partial charge in [0.1, 0.15) is 0 Å². The van der Waals surface area contributed by atoms with Crippen LogP contribution in [0, 0.1) is 0 Å². The number of fused-ring (bicyclic) bond motifs is 1. The van der Waals surface area contributed by atoms with E-state index in [0.717, 1.165) is 12.8 Å². The Morgan fingerprint density at radius 1 is 1.06 bits per heavy atom. The molecule has 0 unspecified atom stereocenters. The van der Waals surface area contributed by atoms with Crippen LogP contribution in [-0.4, -0.2) is 16.7 Å². The highest BCUT2D eigenvalue weighted by Crippen LogP contribution is 2.09. The molecular formula is C14H19NO. The average molecular weight is 217 g/mol. The van der Waals surface area contributed by atoms with Crippen molar-refractivity contribution in [3.05, 3.63) is 42.7 Å². The SMILES string of the molecule is CCCCCO.c1ccc2cnccc2c1. The molecule has 2 heteroatoms. The van der Waals surface area contributed by atoms with Gasteiger partial charge < -0.3 is 5.11 Å². The highest BCUT2D eigenvalue weighted by molar-refractivity contribution is 5.80. The first-order valence-electron chi connectivity index (χ1n) is 5.78. The zero-order chi connectivity index (χ0) is 11.6. The van der Waals surface area contributed by atoms with Crippen molar-refractivity contribution in [1.29, 1.82) is 0 Å². The van der Waals surface area contributed by atoms with E-state index in [9.17, 15) is 0 Å². The average Bonchev–Trinajstić information content (AvgIpc) is 2.37. The van der Waals surface area contributed by atoms with Gasteiger partial charge in [0.2, 0.25) is 0 Å². The van der Waals surface area contributed by atoms with Gasteiger partial charge in [-0.05, 0) is 23.3 Å². The predicted molar refractivity (Wildman–Crippen MR) is 68.4 cm³/mol. The van der Waals surface area contributed by atoms with Crippen molar-refractivity contribution in [3.8, 4) is 0 Å². The lowest BCUT2D eigenvalue weighted by molar-refractivity contribution is 0.284. The molecule has 0 spiro atoms. The van der Waals surface area contributed by atoms with Crippen LogP contribution >= 0.6 is 0 Å². The van der Waals surface area contributed by atoms with Crippen LogP contribution in [0.3, 0.4) is 0 Å². The number of aromatic nitrogens is 1. The van der Waals surface area contributed by atoms with Gasteiger partial charge >= 0.3 is 0 Å². The van der Waals surface area contributed by atoms with Gasteiger partial charge in [0, 0.05) is 19.0 Å². The summed E-state index contributed by atoms with van der Waals surface area (Å²) in [6, 6.07) is 10.2. The fraction of sp³-hybridized carbons (Fsp3) is 0.357. The second-order valence-corrected chi connectivity index (χ2v) is 3.65. The molecule has 1 heterocycles. The summed E-state index contributed by atoms with van der Waals surface area (Å²) in [5.41, 5.74) is 0.